The summed E-state index contributed by atoms with van der Waals surface area (Å²) >= 11 is 12.3. The van der Waals surface area contributed by atoms with Gasteiger partial charge in [-0.05, 0) is 25.0 Å². The monoisotopic (exact) mass is 406 g/mol. The second-order valence-electron chi connectivity index (χ2n) is 5.99. The van der Waals surface area contributed by atoms with Crippen molar-refractivity contribution in [2.75, 3.05) is 6.61 Å². The molecule has 0 saturated carbocycles. The van der Waals surface area contributed by atoms with E-state index in [2.05, 4.69) is 13.8 Å². The number of benzene rings is 1. The van der Waals surface area contributed by atoms with Crippen LogP contribution in [0, 0.1) is 0 Å². The maximum absolute atomic E-state index is 12.8. The van der Waals surface area contributed by atoms with Crippen LogP contribution < -0.4 is 16.0 Å². The van der Waals surface area contributed by atoms with E-state index in [4.69, 9.17) is 33.7 Å². The highest BCUT2D eigenvalue weighted by Gasteiger charge is 2.22. The predicted octanol–water partition coefficient (Wildman–Crippen LogP) is 5.25. The van der Waals surface area contributed by atoms with Gasteiger partial charge in [0, 0.05) is 18.5 Å². The third-order valence-electron chi connectivity index (χ3n) is 4.13. The Balaban J connectivity index is 0.00000312. The topological polar surface area (TPSA) is 57.2 Å². The third kappa shape index (κ3) is 4.62. The average molecular weight is 408 g/mol. The highest BCUT2D eigenvalue weighted by atomic mass is 35.5. The second kappa shape index (κ2) is 9.67. The summed E-state index contributed by atoms with van der Waals surface area (Å²) in [6, 6.07) is 3.02. The lowest BCUT2D eigenvalue weighted by Crippen LogP contribution is -2.27. The minimum absolute atomic E-state index is 0. The maximum atomic E-state index is 12.8. The number of hydrogen-bond acceptors (Lipinski definition) is 3. The summed E-state index contributed by atoms with van der Waals surface area (Å²) in [5.41, 5.74) is 6.91. The number of hydrogen-bond donors (Lipinski definition) is 1. The lowest BCUT2D eigenvalue weighted by molar-refractivity contribution is 0.303. The molecule has 140 valence electrons. The molecule has 0 bridgehead atoms. The van der Waals surface area contributed by atoms with Crippen LogP contribution in [0.4, 0.5) is 0 Å². The first kappa shape index (κ1) is 22.1. The van der Waals surface area contributed by atoms with Crippen LogP contribution in [0.2, 0.25) is 10.0 Å². The van der Waals surface area contributed by atoms with Gasteiger partial charge in [0.2, 0.25) is 0 Å². The largest absolute Gasteiger partial charge is 0.491 e. The zero-order valence-corrected chi connectivity index (χ0v) is 17.1. The molecule has 1 aromatic carbocycles. The van der Waals surface area contributed by atoms with Gasteiger partial charge in [0.15, 0.2) is 0 Å². The molecule has 0 saturated heterocycles. The summed E-state index contributed by atoms with van der Waals surface area (Å²) in [5, 5.41) is 1.91. The Morgan fingerprint density at radius 1 is 1.16 bits per heavy atom. The Labute approximate surface area is 164 Å². The van der Waals surface area contributed by atoms with Crippen molar-refractivity contribution in [2.45, 2.75) is 45.6 Å². The van der Waals surface area contributed by atoms with Crippen molar-refractivity contribution in [3.8, 4) is 5.75 Å². The van der Waals surface area contributed by atoms with Crippen molar-refractivity contribution < 1.29 is 4.74 Å². The molecule has 2 N–H and O–H groups in total. The molecule has 2 aromatic rings. The van der Waals surface area contributed by atoms with E-state index in [0.717, 1.165) is 25.7 Å². The van der Waals surface area contributed by atoms with Crippen molar-refractivity contribution in [1.29, 1.82) is 0 Å². The van der Waals surface area contributed by atoms with Gasteiger partial charge in [-0.3, -0.25) is 4.79 Å². The number of ether oxygens (including phenoxy) is 1. The molecule has 1 aromatic heterocycles. The lowest BCUT2D eigenvalue weighted by atomic mass is 10.0. The van der Waals surface area contributed by atoms with Crippen LogP contribution in [-0.4, -0.2) is 11.2 Å². The molecule has 0 amide bonds. The van der Waals surface area contributed by atoms with Gasteiger partial charge in [-0.1, -0.05) is 49.9 Å². The summed E-state index contributed by atoms with van der Waals surface area (Å²) in [5.74, 6) is 0.639. The van der Waals surface area contributed by atoms with E-state index in [1.54, 1.807) is 23.7 Å². The molecule has 1 heterocycles. The van der Waals surface area contributed by atoms with Crippen LogP contribution in [0.25, 0.3) is 10.8 Å². The number of fused-ring (bicyclic) bond motifs is 1. The fourth-order valence-electron chi connectivity index (χ4n) is 2.83. The third-order valence-corrected chi connectivity index (χ3v) is 4.85. The molecule has 1 unspecified atom stereocenters. The first-order chi connectivity index (χ1) is 11.4. The summed E-state index contributed by atoms with van der Waals surface area (Å²) in [7, 11) is 1.72. The maximum Gasteiger partial charge on any atom is 0.258 e. The van der Waals surface area contributed by atoms with Crippen LogP contribution in [0.3, 0.4) is 0 Å². The fourth-order valence-corrected chi connectivity index (χ4v) is 3.15. The molecule has 25 heavy (non-hydrogen) atoms. The summed E-state index contributed by atoms with van der Waals surface area (Å²) in [6.07, 6.45) is 3.63. The standard InChI is InChI=1S/C18H24Cl2N2O2.ClH/c1-4-6-8-24-17-11-9-13(19)14(20)10-12(11)18(23)22(3)16(17)15(21)7-5-2;/h9-10,15H,4-8,21H2,1-3H3;1H. The predicted molar refractivity (Wildman–Crippen MR) is 109 cm³/mol. The molecule has 0 aliphatic rings. The number of pyridine rings is 1. The minimum atomic E-state index is -0.275. The van der Waals surface area contributed by atoms with E-state index in [-0.39, 0.29) is 24.0 Å². The number of halogens is 3. The first-order valence-electron chi connectivity index (χ1n) is 8.32. The molecule has 2 rings (SSSR count). The fraction of sp³-hybridized carbons (Fsp3) is 0.500. The molecule has 4 nitrogen and oxygen atoms in total. The van der Waals surface area contributed by atoms with Crippen LogP contribution in [0.1, 0.15) is 51.3 Å². The smallest absolute Gasteiger partial charge is 0.258 e. The molecule has 0 aliphatic carbocycles. The normalized spacial score (nSPS) is 12.1. The number of nitrogens with two attached hydrogens (primary N) is 1. The van der Waals surface area contributed by atoms with Gasteiger partial charge in [0.25, 0.3) is 5.56 Å². The SMILES string of the molecule is CCCCOc1c(C(N)CCC)n(C)c(=O)c2cc(Cl)c(Cl)cc12.Cl. The molecule has 0 fully saturated rings. The minimum Gasteiger partial charge on any atom is -0.491 e. The molecular formula is C18H25Cl3N2O2. The molecule has 0 radical (unpaired) electrons. The number of unbranched alkanes of at least 4 members (excludes halogenated alkanes) is 1. The lowest BCUT2D eigenvalue weighted by Gasteiger charge is -2.22. The number of aromatic nitrogens is 1. The highest BCUT2D eigenvalue weighted by Crippen LogP contribution is 2.36. The Morgan fingerprint density at radius 2 is 1.76 bits per heavy atom. The van der Waals surface area contributed by atoms with Gasteiger partial charge in [-0.25, -0.2) is 0 Å². The second-order valence-corrected chi connectivity index (χ2v) is 6.80. The van der Waals surface area contributed by atoms with Gasteiger partial charge in [-0.15, -0.1) is 12.4 Å². The summed E-state index contributed by atoms with van der Waals surface area (Å²) in [4.78, 5) is 12.8. The molecule has 0 aliphatic heterocycles. The van der Waals surface area contributed by atoms with Crippen molar-refractivity contribution in [2.24, 2.45) is 12.8 Å². The Bertz CT molecular complexity index is 790. The Kier molecular flexibility index (Phi) is 8.55. The van der Waals surface area contributed by atoms with Gasteiger partial charge >= 0.3 is 0 Å². The van der Waals surface area contributed by atoms with Gasteiger partial charge in [0.1, 0.15) is 5.75 Å². The zero-order valence-electron chi connectivity index (χ0n) is 14.8. The van der Waals surface area contributed by atoms with Gasteiger partial charge < -0.3 is 15.0 Å². The van der Waals surface area contributed by atoms with E-state index in [1.165, 1.54) is 0 Å². The van der Waals surface area contributed by atoms with Crippen molar-refractivity contribution in [3.05, 3.63) is 38.2 Å². The van der Waals surface area contributed by atoms with E-state index in [9.17, 15) is 4.79 Å². The Hall–Kier alpha value is -0.940. The first-order valence-corrected chi connectivity index (χ1v) is 9.07. The van der Waals surface area contributed by atoms with Crippen LogP contribution in [-0.2, 0) is 7.05 Å². The molecule has 0 spiro atoms. The van der Waals surface area contributed by atoms with Crippen LogP contribution in [0.5, 0.6) is 5.75 Å². The molecule has 1 atom stereocenters. The van der Waals surface area contributed by atoms with E-state index < -0.39 is 0 Å². The van der Waals surface area contributed by atoms with E-state index >= 15 is 0 Å². The van der Waals surface area contributed by atoms with Crippen molar-refractivity contribution >= 4 is 46.4 Å². The van der Waals surface area contributed by atoms with Gasteiger partial charge in [0.05, 0.1) is 27.7 Å². The number of rotatable bonds is 7. The zero-order chi connectivity index (χ0) is 17.9. The molecular weight excluding hydrogens is 383 g/mol. The van der Waals surface area contributed by atoms with E-state index in [0.29, 0.717) is 38.9 Å². The average Bonchev–Trinajstić information content (AvgIpc) is 2.54. The summed E-state index contributed by atoms with van der Waals surface area (Å²) < 4.78 is 7.63. The summed E-state index contributed by atoms with van der Waals surface area (Å²) in [6.45, 7) is 4.73. The van der Waals surface area contributed by atoms with Crippen LogP contribution in [0.15, 0.2) is 16.9 Å². The highest BCUT2D eigenvalue weighted by molar-refractivity contribution is 6.42. The number of nitrogens with zero attached hydrogens (tertiary/aromatic N) is 1. The Morgan fingerprint density at radius 3 is 2.32 bits per heavy atom. The van der Waals surface area contributed by atoms with Crippen molar-refractivity contribution in [3.63, 3.8) is 0 Å². The van der Waals surface area contributed by atoms with Crippen LogP contribution >= 0.6 is 35.6 Å². The van der Waals surface area contributed by atoms with E-state index in [1.807, 2.05) is 0 Å². The quantitative estimate of drug-likeness (QED) is 0.638. The van der Waals surface area contributed by atoms with Crippen molar-refractivity contribution in [1.82, 2.24) is 4.57 Å². The molecule has 7 heteroatoms. The van der Waals surface area contributed by atoms with Gasteiger partial charge in [-0.2, -0.15) is 0 Å².